The van der Waals surface area contributed by atoms with Crippen LogP contribution in [-0.2, 0) is 14.3 Å². The molecule has 0 aliphatic carbocycles. The summed E-state index contributed by atoms with van der Waals surface area (Å²) in [4.78, 5) is 33.2. The van der Waals surface area contributed by atoms with E-state index in [1.165, 1.54) is 0 Å². The molecule has 6 heteroatoms. The van der Waals surface area contributed by atoms with Crippen molar-refractivity contribution in [3.05, 3.63) is 35.4 Å². The number of hydrogen-bond acceptors (Lipinski definition) is 4. The van der Waals surface area contributed by atoms with Crippen LogP contribution in [0.5, 0.6) is 0 Å². The maximum atomic E-state index is 12.8. The Morgan fingerprint density at radius 1 is 1.11 bits per heavy atom. The van der Waals surface area contributed by atoms with Gasteiger partial charge in [-0.05, 0) is 12.1 Å². The van der Waals surface area contributed by atoms with Gasteiger partial charge in [-0.1, -0.05) is 0 Å². The Balaban J connectivity index is 2.65. The number of Topliss-reactive ketones (excluding diaryl/α,β-unsaturated/α-hetero) is 2. The van der Waals surface area contributed by atoms with Crippen LogP contribution in [0.2, 0.25) is 0 Å². The van der Waals surface area contributed by atoms with E-state index < -0.39 is 42.2 Å². The van der Waals surface area contributed by atoms with E-state index in [0.29, 0.717) is 6.07 Å². The maximum absolute atomic E-state index is 12.8. The van der Waals surface area contributed by atoms with Crippen LogP contribution >= 0.6 is 0 Å². The van der Waals surface area contributed by atoms with Gasteiger partial charge in [0, 0.05) is 18.6 Å². The summed E-state index contributed by atoms with van der Waals surface area (Å²) in [6.45, 7) is 0.593. The van der Waals surface area contributed by atoms with Crippen molar-refractivity contribution in [3.8, 4) is 0 Å². The first-order chi connectivity index (χ1) is 8.38. The van der Waals surface area contributed by atoms with Crippen molar-refractivity contribution in [1.29, 1.82) is 0 Å². The van der Waals surface area contributed by atoms with Crippen LogP contribution < -0.4 is 0 Å². The topological polar surface area (TPSA) is 60.4 Å². The minimum atomic E-state index is -0.897. The molecule has 0 fully saturated rings. The zero-order valence-electron chi connectivity index (χ0n) is 9.54. The van der Waals surface area contributed by atoms with Gasteiger partial charge in [0.25, 0.3) is 0 Å². The number of carbonyl (C=O) groups excluding carboxylic acids is 3. The lowest BCUT2D eigenvalue weighted by atomic mass is 10.1. The molecule has 0 saturated carbocycles. The normalized spacial score (nSPS) is 9.94. The van der Waals surface area contributed by atoms with Gasteiger partial charge in [0.2, 0.25) is 0 Å². The van der Waals surface area contributed by atoms with Crippen LogP contribution in [-0.4, -0.2) is 24.1 Å². The molecular formula is C12H10F2O4. The van der Waals surface area contributed by atoms with Crippen LogP contribution in [0.3, 0.4) is 0 Å². The molecule has 0 spiro atoms. The van der Waals surface area contributed by atoms with Gasteiger partial charge in [-0.2, -0.15) is 0 Å². The molecule has 0 atom stereocenters. The van der Waals surface area contributed by atoms with Crippen molar-refractivity contribution in [2.45, 2.75) is 13.3 Å². The van der Waals surface area contributed by atoms with E-state index in [1.54, 1.807) is 0 Å². The van der Waals surface area contributed by atoms with Crippen LogP contribution in [0.15, 0.2) is 18.2 Å². The molecule has 18 heavy (non-hydrogen) atoms. The van der Waals surface area contributed by atoms with Crippen LogP contribution in [0.4, 0.5) is 8.78 Å². The molecule has 96 valence electrons. The third-order valence-corrected chi connectivity index (χ3v) is 1.98. The summed E-state index contributed by atoms with van der Waals surface area (Å²) in [6, 6.07) is 2.30. The highest BCUT2D eigenvalue weighted by molar-refractivity contribution is 6.08. The Morgan fingerprint density at radius 3 is 2.17 bits per heavy atom. The fourth-order valence-electron chi connectivity index (χ4n) is 1.23. The highest BCUT2D eigenvalue weighted by Crippen LogP contribution is 2.10. The SMILES string of the molecule is CC(=O)OCC(=O)CC(=O)c1cc(F)cc(F)c1. The molecule has 0 aliphatic rings. The number of halogens is 2. The maximum Gasteiger partial charge on any atom is 0.303 e. The lowest BCUT2D eigenvalue weighted by Crippen LogP contribution is -2.16. The van der Waals surface area contributed by atoms with Crippen molar-refractivity contribution in [2.24, 2.45) is 0 Å². The van der Waals surface area contributed by atoms with E-state index in [2.05, 4.69) is 4.74 Å². The Morgan fingerprint density at radius 2 is 1.67 bits per heavy atom. The van der Waals surface area contributed by atoms with Gasteiger partial charge in [0.15, 0.2) is 11.6 Å². The van der Waals surface area contributed by atoms with E-state index in [4.69, 9.17) is 0 Å². The lowest BCUT2D eigenvalue weighted by molar-refractivity contribution is -0.145. The molecule has 0 bridgehead atoms. The van der Waals surface area contributed by atoms with Gasteiger partial charge >= 0.3 is 5.97 Å². The highest BCUT2D eigenvalue weighted by Gasteiger charge is 2.14. The zero-order chi connectivity index (χ0) is 13.7. The number of esters is 1. The predicted molar refractivity (Wildman–Crippen MR) is 56.9 cm³/mol. The largest absolute Gasteiger partial charge is 0.458 e. The van der Waals surface area contributed by atoms with Gasteiger partial charge in [0.05, 0.1) is 6.42 Å². The molecule has 0 aromatic heterocycles. The second-order valence-corrected chi connectivity index (χ2v) is 3.58. The number of ether oxygens (including phenoxy) is 1. The van der Waals surface area contributed by atoms with Gasteiger partial charge < -0.3 is 4.74 Å². The summed E-state index contributed by atoms with van der Waals surface area (Å²) >= 11 is 0. The molecule has 1 aromatic rings. The van der Waals surface area contributed by atoms with E-state index in [0.717, 1.165) is 19.1 Å². The molecule has 4 nitrogen and oxygen atoms in total. The van der Waals surface area contributed by atoms with Crippen LogP contribution in [0, 0.1) is 11.6 Å². The predicted octanol–water partition coefficient (Wildman–Crippen LogP) is 1.67. The minimum Gasteiger partial charge on any atom is -0.458 e. The standard InChI is InChI=1S/C12H10F2O4/c1-7(15)18-6-11(16)5-12(17)8-2-9(13)4-10(14)3-8/h2-4H,5-6H2,1H3. The molecule has 0 saturated heterocycles. The molecule has 0 unspecified atom stereocenters. The Labute approximate surface area is 102 Å². The lowest BCUT2D eigenvalue weighted by Gasteiger charge is -2.02. The smallest absolute Gasteiger partial charge is 0.303 e. The van der Waals surface area contributed by atoms with E-state index in [1.807, 2.05) is 0 Å². The molecule has 0 radical (unpaired) electrons. The molecule has 0 amide bonds. The average molecular weight is 256 g/mol. The summed E-state index contributed by atoms with van der Waals surface area (Å²) in [5.41, 5.74) is -0.233. The third kappa shape index (κ3) is 4.40. The van der Waals surface area contributed by atoms with Crippen LogP contribution in [0.1, 0.15) is 23.7 Å². The van der Waals surface area contributed by atoms with Crippen molar-refractivity contribution in [3.63, 3.8) is 0 Å². The second-order valence-electron chi connectivity index (χ2n) is 3.58. The summed E-state index contributed by atoms with van der Waals surface area (Å²) in [7, 11) is 0. The van der Waals surface area contributed by atoms with Crippen LogP contribution in [0.25, 0.3) is 0 Å². The van der Waals surface area contributed by atoms with E-state index in [-0.39, 0.29) is 5.56 Å². The Hall–Kier alpha value is -2.11. The van der Waals surface area contributed by atoms with Crippen molar-refractivity contribution in [2.75, 3.05) is 6.61 Å². The summed E-state index contributed by atoms with van der Waals surface area (Å²) in [6.07, 6.45) is -0.573. The summed E-state index contributed by atoms with van der Waals surface area (Å²) in [5, 5.41) is 0. The van der Waals surface area contributed by atoms with E-state index >= 15 is 0 Å². The quantitative estimate of drug-likeness (QED) is 0.456. The van der Waals surface area contributed by atoms with Gasteiger partial charge in [-0.3, -0.25) is 14.4 Å². The Kier molecular flexibility index (Phi) is 4.65. The molecule has 1 rings (SSSR count). The molecule has 0 N–H and O–H groups in total. The number of benzene rings is 1. The fourth-order valence-corrected chi connectivity index (χ4v) is 1.23. The Bertz CT molecular complexity index is 477. The molecule has 0 heterocycles. The third-order valence-electron chi connectivity index (χ3n) is 1.98. The molecule has 1 aromatic carbocycles. The van der Waals surface area contributed by atoms with Crippen molar-refractivity contribution >= 4 is 17.5 Å². The number of carbonyl (C=O) groups is 3. The minimum absolute atomic E-state index is 0.233. The first-order valence-electron chi connectivity index (χ1n) is 5.03. The van der Waals surface area contributed by atoms with Crippen molar-refractivity contribution < 1.29 is 27.9 Å². The zero-order valence-corrected chi connectivity index (χ0v) is 9.54. The highest BCUT2D eigenvalue weighted by atomic mass is 19.1. The summed E-state index contributed by atoms with van der Waals surface area (Å²) in [5.74, 6) is -3.81. The second kappa shape index (κ2) is 6.00. The number of ketones is 2. The molecule has 0 aliphatic heterocycles. The summed E-state index contributed by atoms with van der Waals surface area (Å²) < 4.78 is 30.1. The molecular weight excluding hydrogens is 246 g/mol. The van der Waals surface area contributed by atoms with Gasteiger partial charge in [0.1, 0.15) is 18.2 Å². The number of hydrogen-bond donors (Lipinski definition) is 0. The van der Waals surface area contributed by atoms with Gasteiger partial charge in [-0.25, -0.2) is 8.78 Å². The monoisotopic (exact) mass is 256 g/mol. The fraction of sp³-hybridized carbons (Fsp3) is 0.250. The van der Waals surface area contributed by atoms with Crippen molar-refractivity contribution in [1.82, 2.24) is 0 Å². The van der Waals surface area contributed by atoms with Gasteiger partial charge in [-0.15, -0.1) is 0 Å². The average Bonchev–Trinajstić information content (AvgIpc) is 2.25. The number of rotatable bonds is 5. The first-order valence-corrected chi connectivity index (χ1v) is 5.03. The first kappa shape index (κ1) is 14.0. The van der Waals surface area contributed by atoms with E-state index in [9.17, 15) is 23.2 Å².